The van der Waals surface area contributed by atoms with Crippen LogP contribution in [0.4, 0.5) is 0 Å². The van der Waals surface area contributed by atoms with Crippen LogP contribution in [0.25, 0.3) is 5.78 Å². The standard InChI is InChI=1S/C18H29N5O/c1-5-24-9-8-22-7-6-21(11-16(22)4)12-17-13-23-15(3)10-14(2)19-18(23)20-17/h10,13,16H,5-9,11-12H2,1-4H3/t16-/m1/s1. The van der Waals surface area contributed by atoms with Gasteiger partial charge in [-0.25, -0.2) is 9.97 Å². The van der Waals surface area contributed by atoms with Crippen molar-refractivity contribution >= 4 is 5.78 Å². The first-order valence-corrected chi connectivity index (χ1v) is 8.93. The molecule has 1 saturated heterocycles. The number of piperazine rings is 1. The molecule has 1 fully saturated rings. The molecule has 0 saturated carbocycles. The van der Waals surface area contributed by atoms with Gasteiger partial charge in [0.2, 0.25) is 5.78 Å². The largest absolute Gasteiger partial charge is 0.380 e. The molecular weight excluding hydrogens is 302 g/mol. The Labute approximate surface area is 144 Å². The van der Waals surface area contributed by atoms with Crippen LogP contribution in [0.15, 0.2) is 12.3 Å². The van der Waals surface area contributed by atoms with Crippen LogP contribution in [0.2, 0.25) is 0 Å². The van der Waals surface area contributed by atoms with Gasteiger partial charge in [0.1, 0.15) is 0 Å². The van der Waals surface area contributed by atoms with E-state index in [2.05, 4.69) is 45.3 Å². The zero-order chi connectivity index (χ0) is 17.1. The second kappa shape index (κ2) is 7.59. The molecule has 6 heteroatoms. The molecule has 1 atom stereocenters. The second-order valence-corrected chi connectivity index (χ2v) is 6.76. The van der Waals surface area contributed by atoms with Crippen molar-refractivity contribution in [3.63, 3.8) is 0 Å². The van der Waals surface area contributed by atoms with E-state index < -0.39 is 0 Å². The number of aromatic nitrogens is 3. The third kappa shape index (κ3) is 3.94. The SMILES string of the molecule is CCOCCN1CCN(Cc2cn3c(C)cc(C)nc3n2)C[C@H]1C. The number of hydrogen-bond donors (Lipinski definition) is 0. The number of imidazole rings is 1. The van der Waals surface area contributed by atoms with Crippen LogP contribution in [-0.2, 0) is 11.3 Å². The minimum absolute atomic E-state index is 0.554. The maximum Gasteiger partial charge on any atom is 0.234 e. The van der Waals surface area contributed by atoms with Crippen molar-refractivity contribution in [3.8, 4) is 0 Å². The topological polar surface area (TPSA) is 45.9 Å². The first-order chi connectivity index (χ1) is 11.6. The van der Waals surface area contributed by atoms with Gasteiger partial charge in [-0.3, -0.25) is 14.2 Å². The Balaban J connectivity index is 1.60. The maximum atomic E-state index is 5.49. The fourth-order valence-corrected chi connectivity index (χ4v) is 3.50. The van der Waals surface area contributed by atoms with E-state index in [0.717, 1.165) is 63.1 Å². The molecule has 0 bridgehead atoms. The summed E-state index contributed by atoms with van der Waals surface area (Å²) in [5.41, 5.74) is 3.31. The first kappa shape index (κ1) is 17.3. The summed E-state index contributed by atoms with van der Waals surface area (Å²) in [7, 11) is 0. The van der Waals surface area contributed by atoms with E-state index >= 15 is 0 Å². The third-order valence-electron chi connectivity index (χ3n) is 4.77. The molecule has 2 aromatic heterocycles. The molecule has 0 amide bonds. The molecule has 0 aromatic carbocycles. The van der Waals surface area contributed by atoms with Crippen LogP contribution in [0.3, 0.4) is 0 Å². The molecule has 0 N–H and O–H groups in total. The van der Waals surface area contributed by atoms with Crippen molar-refractivity contribution in [2.24, 2.45) is 0 Å². The summed E-state index contributed by atoms with van der Waals surface area (Å²) in [4.78, 5) is 14.3. The van der Waals surface area contributed by atoms with Crippen LogP contribution in [0, 0.1) is 13.8 Å². The molecule has 2 aromatic rings. The summed E-state index contributed by atoms with van der Waals surface area (Å²) in [6.45, 7) is 15.3. The van der Waals surface area contributed by atoms with Crippen LogP contribution in [0.1, 0.15) is 30.9 Å². The van der Waals surface area contributed by atoms with E-state index in [9.17, 15) is 0 Å². The number of fused-ring (bicyclic) bond motifs is 1. The van der Waals surface area contributed by atoms with Crippen molar-refractivity contribution in [2.75, 3.05) is 39.4 Å². The van der Waals surface area contributed by atoms with Gasteiger partial charge in [-0.15, -0.1) is 0 Å². The van der Waals surface area contributed by atoms with Crippen molar-refractivity contribution < 1.29 is 4.74 Å². The Morgan fingerprint density at radius 2 is 2.08 bits per heavy atom. The quantitative estimate of drug-likeness (QED) is 0.757. The number of nitrogens with zero attached hydrogens (tertiary/aromatic N) is 5. The summed E-state index contributed by atoms with van der Waals surface area (Å²) in [5.74, 6) is 0.811. The molecule has 1 aliphatic rings. The molecule has 6 nitrogen and oxygen atoms in total. The lowest BCUT2D eigenvalue weighted by Crippen LogP contribution is -2.52. The molecule has 0 unspecified atom stereocenters. The van der Waals surface area contributed by atoms with E-state index in [0.29, 0.717) is 6.04 Å². The monoisotopic (exact) mass is 331 g/mol. The summed E-state index contributed by atoms with van der Waals surface area (Å²) in [5, 5.41) is 0. The van der Waals surface area contributed by atoms with Gasteiger partial charge in [0.05, 0.1) is 12.3 Å². The highest BCUT2D eigenvalue weighted by Crippen LogP contribution is 2.14. The van der Waals surface area contributed by atoms with Crippen molar-refractivity contribution in [2.45, 2.75) is 40.3 Å². The zero-order valence-corrected chi connectivity index (χ0v) is 15.3. The maximum absolute atomic E-state index is 5.49. The average Bonchev–Trinajstić information content (AvgIpc) is 2.92. The van der Waals surface area contributed by atoms with E-state index in [-0.39, 0.29) is 0 Å². The molecule has 1 aliphatic heterocycles. The first-order valence-electron chi connectivity index (χ1n) is 8.93. The number of rotatable bonds is 6. The summed E-state index contributed by atoms with van der Waals surface area (Å²) >= 11 is 0. The van der Waals surface area contributed by atoms with Gasteiger partial charge in [0.15, 0.2) is 0 Å². The molecule has 0 spiro atoms. The lowest BCUT2D eigenvalue weighted by atomic mass is 10.2. The van der Waals surface area contributed by atoms with E-state index in [1.54, 1.807) is 0 Å². The predicted molar refractivity (Wildman–Crippen MR) is 95.3 cm³/mol. The normalized spacial score (nSPS) is 20.1. The molecule has 0 radical (unpaired) electrons. The highest BCUT2D eigenvalue weighted by Gasteiger charge is 2.23. The minimum Gasteiger partial charge on any atom is -0.380 e. The molecular formula is C18H29N5O. The van der Waals surface area contributed by atoms with Crippen molar-refractivity contribution in [1.29, 1.82) is 0 Å². The summed E-state index contributed by atoms with van der Waals surface area (Å²) in [6.07, 6.45) is 2.13. The third-order valence-corrected chi connectivity index (χ3v) is 4.77. The van der Waals surface area contributed by atoms with Gasteiger partial charge in [0.25, 0.3) is 0 Å². The summed E-state index contributed by atoms with van der Waals surface area (Å²) < 4.78 is 7.57. The minimum atomic E-state index is 0.554. The van der Waals surface area contributed by atoms with Gasteiger partial charge in [-0.05, 0) is 33.8 Å². The highest BCUT2D eigenvalue weighted by atomic mass is 16.5. The Kier molecular flexibility index (Phi) is 5.48. The zero-order valence-electron chi connectivity index (χ0n) is 15.3. The van der Waals surface area contributed by atoms with Gasteiger partial charge >= 0.3 is 0 Å². The second-order valence-electron chi connectivity index (χ2n) is 6.76. The highest BCUT2D eigenvalue weighted by molar-refractivity contribution is 5.34. The molecule has 3 rings (SSSR count). The molecule has 24 heavy (non-hydrogen) atoms. The number of aryl methyl sites for hydroxylation is 2. The molecule has 132 valence electrons. The Morgan fingerprint density at radius 1 is 1.25 bits per heavy atom. The Morgan fingerprint density at radius 3 is 2.83 bits per heavy atom. The lowest BCUT2D eigenvalue weighted by molar-refractivity contribution is 0.0462. The smallest absolute Gasteiger partial charge is 0.234 e. The van der Waals surface area contributed by atoms with Crippen LogP contribution in [0.5, 0.6) is 0 Å². The fraction of sp³-hybridized carbons (Fsp3) is 0.667. The van der Waals surface area contributed by atoms with E-state index in [1.165, 1.54) is 5.69 Å². The number of ether oxygens (including phenoxy) is 1. The van der Waals surface area contributed by atoms with Gasteiger partial charge < -0.3 is 4.74 Å². The predicted octanol–water partition coefficient (Wildman–Crippen LogP) is 1.89. The van der Waals surface area contributed by atoms with Crippen LogP contribution >= 0.6 is 0 Å². The summed E-state index contributed by atoms with van der Waals surface area (Å²) in [6, 6.07) is 2.65. The van der Waals surface area contributed by atoms with Crippen molar-refractivity contribution in [3.05, 3.63) is 29.3 Å². The molecule has 0 aliphatic carbocycles. The van der Waals surface area contributed by atoms with Crippen molar-refractivity contribution in [1.82, 2.24) is 24.2 Å². The fourth-order valence-electron chi connectivity index (χ4n) is 3.50. The average molecular weight is 331 g/mol. The lowest BCUT2D eigenvalue weighted by Gasteiger charge is -2.39. The van der Waals surface area contributed by atoms with Crippen LogP contribution in [-0.4, -0.2) is 69.6 Å². The van der Waals surface area contributed by atoms with E-state index in [1.807, 2.05) is 13.8 Å². The van der Waals surface area contributed by atoms with Gasteiger partial charge in [0, 0.05) is 63.0 Å². The van der Waals surface area contributed by atoms with Crippen LogP contribution < -0.4 is 0 Å². The number of hydrogen-bond acceptors (Lipinski definition) is 5. The van der Waals surface area contributed by atoms with E-state index in [4.69, 9.17) is 9.72 Å². The van der Waals surface area contributed by atoms with Gasteiger partial charge in [-0.1, -0.05) is 0 Å². The Bertz CT molecular complexity index is 683. The molecule has 3 heterocycles. The Hall–Kier alpha value is -1.50. The van der Waals surface area contributed by atoms with Gasteiger partial charge in [-0.2, -0.15) is 0 Å².